The summed E-state index contributed by atoms with van der Waals surface area (Å²) in [5.74, 6) is -0.732. The lowest BCUT2D eigenvalue weighted by molar-refractivity contribution is -0.274. The maximum Gasteiger partial charge on any atom is 0.573 e. The molecule has 4 rings (SSSR count). The number of carbonyl (C=O) groups excluding carboxylic acids is 2. The zero-order valence-electron chi connectivity index (χ0n) is 17.8. The molecule has 1 aliphatic rings. The number of amides is 3. The topological polar surface area (TPSA) is 104 Å². The van der Waals surface area contributed by atoms with Crippen molar-refractivity contribution in [3.63, 3.8) is 0 Å². The Kier molecular flexibility index (Phi) is 6.01. The maximum atomic E-state index is 13.3. The molecular weight excluding hydrogens is 453 g/mol. The van der Waals surface area contributed by atoms with Crippen molar-refractivity contribution in [2.24, 2.45) is 0 Å². The van der Waals surface area contributed by atoms with E-state index in [1.807, 2.05) is 0 Å². The number of benzene rings is 2. The lowest BCUT2D eigenvalue weighted by Crippen LogP contribution is -2.48. The summed E-state index contributed by atoms with van der Waals surface area (Å²) in [5, 5.41) is 15.8. The number of aryl methyl sites for hydroxylation is 1. The number of carbonyl (C=O) groups is 2. The molecule has 176 valence electrons. The molecule has 0 spiro atoms. The second-order valence-corrected chi connectivity index (χ2v) is 7.58. The van der Waals surface area contributed by atoms with E-state index in [1.165, 1.54) is 18.2 Å². The number of hydrogen-bond acceptors (Lipinski definition) is 5. The number of anilines is 2. The molecule has 0 aliphatic carbocycles. The Morgan fingerprint density at radius 3 is 2.59 bits per heavy atom. The Bertz CT molecular complexity index is 1230. The van der Waals surface area contributed by atoms with Gasteiger partial charge in [-0.1, -0.05) is 30.3 Å². The summed E-state index contributed by atoms with van der Waals surface area (Å²) < 4.78 is 41.5. The van der Waals surface area contributed by atoms with Gasteiger partial charge in [0.1, 0.15) is 18.0 Å². The summed E-state index contributed by atoms with van der Waals surface area (Å²) in [5.41, 5.74) is 1.84. The first-order valence-electron chi connectivity index (χ1n) is 10.1. The van der Waals surface area contributed by atoms with Crippen molar-refractivity contribution in [1.29, 1.82) is 0 Å². The Morgan fingerprint density at radius 1 is 1.21 bits per heavy atom. The average molecular weight is 472 g/mol. The number of nitrogens with one attached hydrogen (secondary N) is 2. The molecule has 34 heavy (non-hydrogen) atoms. The smallest absolute Gasteiger partial charge is 0.508 e. The van der Waals surface area contributed by atoms with Crippen LogP contribution in [0, 0.1) is 6.92 Å². The number of pyridine rings is 1. The van der Waals surface area contributed by atoms with Crippen LogP contribution < -0.4 is 20.3 Å². The zero-order chi connectivity index (χ0) is 24.5. The van der Waals surface area contributed by atoms with Crippen LogP contribution in [0.15, 0.2) is 60.8 Å². The number of rotatable bonds is 4. The molecule has 2 aromatic carbocycles. The first-order valence-corrected chi connectivity index (χ1v) is 10.1. The number of aromatic nitrogens is 1. The Balaban J connectivity index is 1.67. The molecule has 0 saturated heterocycles. The predicted octanol–water partition coefficient (Wildman–Crippen LogP) is 4.25. The van der Waals surface area contributed by atoms with E-state index in [9.17, 15) is 27.9 Å². The van der Waals surface area contributed by atoms with Crippen molar-refractivity contribution in [2.75, 3.05) is 16.8 Å². The summed E-state index contributed by atoms with van der Waals surface area (Å²) in [6, 6.07) is 11.2. The molecule has 8 nitrogen and oxygen atoms in total. The highest BCUT2D eigenvalue weighted by Crippen LogP contribution is 2.33. The highest BCUT2D eigenvalue weighted by molar-refractivity contribution is 6.08. The number of aromatic hydroxyl groups is 1. The van der Waals surface area contributed by atoms with Crippen LogP contribution in [-0.4, -0.2) is 34.9 Å². The fourth-order valence-electron chi connectivity index (χ4n) is 3.58. The minimum Gasteiger partial charge on any atom is -0.508 e. The van der Waals surface area contributed by atoms with Gasteiger partial charge in [-0.05, 0) is 42.3 Å². The molecule has 11 heteroatoms. The van der Waals surface area contributed by atoms with Crippen LogP contribution in [0.25, 0.3) is 0 Å². The van der Waals surface area contributed by atoms with E-state index in [1.54, 1.807) is 37.4 Å². The summed E-state index contributed by atoms with van der Waals surface area (Å²) in [6.07, 6.45) is -3.29. The zero-order valence-corrected chi connectivity index (χ0v) is 17.8. The largest absolute Gasteiger partial charge is 0.573 e. The van der Waals surface area contributed by atoms with E-state index >= 15 is 0 Å². The van der Waals surface area contributed by atoms with Gasteiger partial charge in [-0.15, -0.1) is 13.2 Å². The number of nitrogens with zero attached hydrogens (tertiary/aromatic N) is 2. The van der Waals surface area contributed by atoms with Gasteiger partial charge in [0.15, 0.2) is 5.82 Å². The number of halogens is 3. The van der Waals surface area contributed by atoms with Gasteiger partial charge < -0.3 is 20.5 Å². The van der Waals surface area contributed by atoms with Crippen LogP contribution in [-0.2, 0) is 4.79 Å². The fourth-order valence-corrected chi connectivity index (χ4v) is 3.58. The highest BCUT2D eigenvalue weighted by Gasteiger charge is 2.32. The monoisotopic (exact) mass is 472 g/mol. The number of phenols is 1. The van der Waals surface area contributed by atoms with Crippen molar-refractivity contribution in [3.05, 3.63) is 77.5 Å². The van der Waals surface area contributed by atoms with Crippen LogP contribution >= 0.6 is 0 Å². The van der Waals surface area contributed by atoms with Gasteiger partial charge in [-0.2, -0.15) is 0 Å². The van der Waals surface area contributed by atoms with Crippen LogP contribution in [0.3, 0.4) is 0 Å². The van der Waals surface area contributed by atoms with Crippen molar-refractivity contribution in [2.45, 2.75) is 19.3 Å². The lowest BCUT2D eigenvalue weighted by atomic mass is 9.97. The van der Waals surface area contributed by atoms with Gasteiger partial charge in [0.05, 0.1) is 11.7 Å². The Morgan fingerprint density at radius 2 is 1.91 bits per heavy atom. The molecule has 3 amide bonds. The van der Waals surface area contributed by atoms with Crippen LogP contribution in [0.1, 0.15) is 22.7 Å². The molecule has 0 radical (unpaired) electrons. The average Bonchev–Trinajstić information content (AvgIpc) is 2.76. The lowest BCUT2D eigenvalue weighted by Gasteiger charge is -2.30. The summed E-state index contributed by atoms with van der Waals surface area (Å²) in [4.78, 5) is 30.8. The van der Waals surface area contributed by atoms with Crippen molar-refractivity contribution < 1.29 is 32.6 Å². The number of alkyl halides is 3. The molecule has 3 aromatic rings. The molecule has 1 aromatic heterocycles. The second-order valence-electron chi connectivity index (χ2n) is 7.58. The van der Waals surface area contributed by atoms with Crippen LogP contribution in [0.5, 0.6) is 11.5 Å². The van der Waals surface area contributed by atoms with Gasteiger partial charge >= 0.3 is 12.4 Å². The molecular formula is C23H19F3N4O4. The van der Waals surface area contributed by atoms with Gasteiger partial charge in [0, 0.05) is 11.8 Å². The predicted molar refractivity (Wildman–Crippen MR) is 117 cm³/mol. The number of para-hydroxylation sites is 1. The third-order valence-electron chi connectivity index (χ3n) is 5.04. The minimum atomic E-state index is -4.85. The number of ether oxygens (including phenoxy) is 1. The van der Waals surface area contributed by atoms with E-state index in [2.05, 4.69) is 20.4 Å². The summed E-state index contributed by atoms with van der Waals surface area (Å²) >= 11 is 0. The molecule has 1 unspecified atom stereocenters. The Labute approximate surface area is 192 Å². The quantitative estimate of drug-likeness (QED) is 0.527. The van der Waals surface area contributed by atoms with Crippen LogP contribution in [0.4, 0.5) is 29.5 Å². The standard InChI is InChI=1S/C23H19F3N4O4/c1-13-10-17-21(27-11-13)30(12-19(32)28-17)22(33)29-20(16-4-2-3-5-18(16)31)14-6-8-15(9-7-14)34-23(24,25)26/h2-11,20,31H,12H2,1H3,(H,28,32)(H,29,33). The van der Waals surface area contributed by atoms with Crippen molar-refractivity contribution in [3.8, 4) is 11.5 Å². The normalized spacial score (nSPS) is 14.1. The first-order chi connectivity index (χ1) is 16.1. The van der Waals surface area contributed by atoms with Gasteiger partial charge in [0.25, 0.3) is 0 Å². The van der Waals surface area contributed by atoms with E-state index in [0.29, 0.717) is 16.8 Å². The maximum absolute atomic E-state index is 13.3. The molecule has 2 heterocycles. The van der Waals surface area contributed by atoms with E-state index in [4.69, 9.17) is 0 Å². The molecule has 0 fully saturated rings. The number of phenolic OH excluding ortho intramolecular Hbond substituents is 1. The Hall–Kier alpha value is -4.28. The van der Waals surface area contributed by atoms with E-state index in [-0.39, 0.29) is 18.1 Å². The number of urea groups is 1. The second kappa shape index (κ2) is 8.93. The molecule has 0 saturated carbocycles. The third kappa shape index (κ3) is 5.03. The fraction of sp³-hybridized carbons (Fsp3) is 0.174. The third-order valence-corrected chi connectivity index (χ3v) is 5.04. The SMILES string of the molecule is Cc1cnc2c(c1)NC(=O)CN2C(=O)NC(c1ccc(OC(F)(F)F)cc1)c1ccccc1O. The number of hydrogen-bond donors (Lipinski definition) is 3. The summed E-state index contributed by atoms with van der Waals surface area (Å²) in [7, 11) is 0. The van der Waals surface area contributed by atoms with E-state index < -0.39 is 30.1 Å². The van der Waals surface area contributed by atoms with E-state index in [0.717, 1.165) is 22.6 Å². The first kappa shape index (κ1) is 22.9. The van der Waals surface area contributed by atoms with Crippen molar-refractivity contribution >= 4 is 23.4 Å². The van der Waals surface area contributed by atoms with Gasteiger partial charge in [-0.25, -0.2) is 9.78 Å². The number of fused-ring (bicyclic) bond motifs is 1. The molecule has 0 bridgehead atoms. The molecule has 1 atom stereocenters. The molecule has 3 N–H and O–H groups in total. The van der Waals surface area contributed by atoms with Gasteiger partial charge in [0.2, 0.25) is 5.91 Å². The van der Waals surface area contributed by atoms with Gasteiger partial charge in [-0.3, -0.25) is 9.69 Å². The van der Waals surface area contributed by atoms with Crippen molar-refractivity contribution in [1.82, 2.24) is 10.3 Å². The molecule has 1 aliphatic heterocycles. The minimum absolute atomic E-state index is 0.131. The highest BCUT2D eigenvalue weighted by atomic mass is 19.4. The summed E-state index contributed by atoms with van der Waals surface area (Å²) in [6.45, 7) is 1.50. The van der Waals surface area contributed by atoms with Crippen LogP contribution in [0.2, 0.25) is 0 Å².